The number of rotatable bonds is 5. The molecule has 180 valence electrons. The van der Waals surface area contributed by atoms with Crippen molar-refractivity contribution >= 4 is 17.5 Å². The Morgan fingerprint density at radius 2 is 1.60 bits per heavy atom. The quantitative estimate of drug-likeness (QED) is 0.472. The Hall–Kier alpha value is -4.01. The second kappa shape index (κ2) is 8.98. The highest BCUT2D eigenvalue weighted by Gasteiger charge is 2.45. The van der Waals surface area contributed by atoms with Gasteiger partial charge in [-0.2, -0.15) is 18.3 Å². The van der Waals surface area contributed by atoms with Crippen molar-refractivity contribution in [2.75, 3.05) is 4.90 Å². The average Bonchev–Trinajstić information content (AvgIpc) is 3.09. The summed E-state index contributed by atoms with van der Waals surface area (Å²) >= 11 is 0. The van der Waals surface area contributed by atoms with Gasteiger partial charge >= 0.3 is 6.18 Å². The Bertz CT molecular complexity index is 1300. The Labute approximate surface area is 199 Å². The normalized spacial score (nSPS) is 16.4. The number of hydrogen-bond acceptors (Lipinski definition) is 5. The lowest BCUT2D eigenvalue weighted by atomic mass is 9.91. The van der Waals surface area contributed by atoms with Gasteiger partial charge in [0.1, 0.15) is 0 Å². The molecular weight excluding hydrogens is 459 g/mol. The molecule has 0 aliphatic carbocycles. The molecule has 4 rings (SSSR count). The van der Waals surface area contributed by atoms with Crippen LogP contribution >= 0.6 is 0 Å². The van der Waals surface area contributed by atoms with Gasteiger partial charge < -0.3 is 5.11 Å². The number of Topliss-reactive ketones (excluding diaryl/α,β-unsaturated/α-hetero) is 1. The van der Waals surface area contributed by atoms with Crippen LogP contribution in [0, 0.1) is 6.92 Å². The number of hydrogen-bond donors (Lipinski definition) is 1. The Morgan fingerprint density at radius 3 is 2.11 bits per heavy atom. The van der Waals surface area contributed by atoms with E-state index in [1.54, 1.807) is 37.3 Å². The maximum atomic E-state index is 13.5. The zero-order valence-electron chi connectivity index (χ0n) is 19.2. The van der Waals surface area contributed by atoms with Gasteiger partial charge in [0.05, 0.1) is 22.9 Å². The van der Waals surface area contributed by atoms with Gasteiger partial charge in [-0.05, 0) is 48.2 Å². The number of halogens is 3. The summed E-state index contributed by atoms with van der Waals surface area (Å²) in [7, 11) is 0. The standard InChI is InChI=1S/C26H22F3N3O3/c1-14(2)16-5-7-18(8-6-16)23(33)21-22(17-9-11-19(12-10-17)26(27,28)29)32(25(35)24(21)34)20-13-4-15(3)30-31-20/h4-14,22,34H,1-3H3/t22-/m1/s1. The number of anilines is 1. The second-order valence-corrected chi connectivity index (χ2v) is 8.60. The zero-order chi connectivity index (χ0) is 25.5. The summed E-state index contributed by atoms with van der Waals surface area (Å²) in [6.45, 7) is 5.70. The van der Waals surface area contributed by atoms with E-state index >= 15 is 0 Å². The molecule has 1 amide bonds. The van der Waals surface area contributed by atoms with Crippen molar-refractivity contribution in [2.24, 2.45) is 0 Å². The predicted octanol–water partition coefficient (Wildman–Crippen LogP) is 5.71. The first-order valence-electron chi connectivity index (χ1n) is 10.9. The maximum absolute atomic E-state index is 13.5. The van der Waals surface area contributed by atoms with E-state index in [2.05, 4.69) is 10.2 Å². The lowest BCUT2D eigenvalue weighted by Crippen LogP contribution is -2.32. The third kappa shape index (κ3) is 4.53. The number of nitrogens with zero attached hydrogens (tertiary/aromatic N) is 3. The molecule has 3 aromatic rings. The van der Waals surface area contributed by atoms with E-state index < -0.39 is 35.2 Å². The molecule has 1 aromatic heterocycles. The van der Waals surface area contributed by atoms with Gasteiger partial charge in [0, 0.05) is 5.56 Å². The van der Waals surface area contributed by atoms with E-state index in [4.69, 9.17) is 0 Å². The topological polar surface area (TPSA) is 83.4 Å². The lowest BCUT2D eigenvalue weighted by molar-refractivity contribution is -0.137. The van der Waals surface area contributed by atoms with Crippen LogP contribution in [-0.2, 0) is 11.0 Å². The molecule has 6 nitrogen and oxygen atoms in total. The molecule has 1 aliphatic heterocycles. The number of aromatic nitrogens is 2. The SMILES string of the molecule is Cc1ccc(N2C(=O)C(O)=C(C(=O)c3ccc(C(C)C)cc3)[C@H]2c2ccc(C(F)(F)F)cc2)nn1. The largest absolute Gasteiger partial charge is 0.503 e. The van der Waals surface area contributed by atoms with E-state index in [0.717, 1.165) is 22.6 Å². The van der Waals surface area contributed by atoms with Crippen molar-refractivity contribution in [2.45, 2.75) is 38.9 Å². The van der Waals surface area contributed by atoms with E-state index in [0.29, 0.717) is 5.69 Å². The molecular formula is C26H22F3N3O3. The van der Waals surface area contributed by atoms with E-state index in [1.807, 2.05) is 13.8 Å². The molecule has 0 saturated carbocycles. The molecule has 0 unspecified atom stereocenters. The first kappa shape index (κ1) is 24.1. The van der Waals surface area contributed by atoms with Crippen LogP contribution in [-0.4, -0.2) is 27.0 Å². The number of carbonyl (C=O) groups is 2. The first-order valence-corrected chi connectivity index (χ1v) is 10.9. The molecule has 1 aliphatic rings. The summed E-state index contributed by atoms with van der Waals surface area (Å²) in [6.07, 6.45) is -4.55. The molecule has 9 heteroatoms. The molecule has 35 heavy (non-hydrogen) atoms. The fourth-order valence-electron chi connectivity index (χ4n) is 3.94. The van der Waals surface area contributed by atoms with Gasteiger partial charge in [-0.15, -0.1) is 5.10 Å². The number of ketones is 1. The maximum Gasteiger partial charge on any atom is 0.416 e. The van der Waals surface area contributed by atoms with Crippen LogP contribution in [0.5, 0.6) is 0 Å². The van der Waals surface area contributed by atoms with Crippen LogP contribution in [0.2, 0.25) is 0 Å². The number of benzene rings is 2. The summed E-state index contributed by atoms with van der Waals surface area (Å²) in [5.41, 5.74) is 0.896. The number of aryl methyl sites for hydroxylation is 1. The molecule has 0 saturated heterocycles. The van der Waals surface area contributed by atoms with Crippen LogP contribution < -0.4 is 4.90 Å². The van der Waals surface area contributed by atoms with Crippen molar-refractivity contribution in [3.05, 3.63) is 99.9 Å². The van der Waals surface area contributed by atoms with Crippen molar-refractivity contribution < 1.29 is 27.9 Å². The summed E-state index contributed by atoms with van der Waals surface area (Å²) in [5.74, 6) is -2.01. The predicted molar refractivity (Wildman–Crippen MR) is 123 cm³/mol. The summed E-state index contributed by atoms with van der Waals surface area (Å²) in [6, 6.07) is 12.8. The van der Waals surface area contributed by atoms with Crippen molar-refractivity contribution in [1.29, 1.82) is 0 Å². The van der Waals surface area contributed by atoms with Crippen molar-refractivity contribution in [3.63, 3.8) is 0 Å². The number of amides is 1. The zero-order valence-corrected chi connectivity index (χ0v) is 19.2. The minimum Gasteiger partial charge on any atom is -0.503 e. The molecule has 0 radical (unpaired) electrons. The van der Waals surface area contributed by atoms with Gasteiger partial charge in [-0.3, -0.25) is 14.5 Å². The minimum absolute atomic E-state index is 0.0509. The fourth-order valence-corrected chi connectivity index (χ4v) is 3.94. The number of aliphatic hydroxyl groups is 1. The molecule has 0 spiro atoms. The molecule has 1 N–H and O–H groups in total. The first-order chi connectivity index (χ1) is 16.5. The molecule has 2 heterocycles. The highest BCUT2D eigenvalue weighted by atomic mass is 19.4. The number of aliphatic hydroxyl groups excluding tert-OH is 1. The van der Waals surface area contributed by atoms with Gasteiger partial charge in [0.2, 0.25) is 0 Å². The van der Waals surface area contributed by atoms with Crippen LogP contribution in [0.1, 0.15) is 58.5 Å². The number of carbonyl (C=O) groups excluding carboxylic acids is 2. The van der Waals surface area contributed by atoms with Gasteiger partial charge in [-0.1, -0.05) is 50.2 Å². The van der Waals surface area contributed by atoms with Crippen LogP contribution in [0.4, 0.5) is 19.0 Å². The van der Waals surface area contributed by atoms with Crippen LogP contribution in [0.15, 0.2) is 72.0 Å². The molecule has 0 bridgehead atoms. The highest BCUT2D eigenvalue weighted by molar-refractivity contribution is 6.20. The summed E-state index contributed by atoms with van der Waals surface area (Å²) in [4.78, 5) is 27.7. The van der Waals surface area contributed by atoms with Gasteiger partial charge in [0.15, 0.2) is 17.4 Å². The third-order valence-electron chi connectivity index (χ3n) is 5.88. The fraction of sp³-hybridized carbons (Fsp3) is 0.231. The monoisotopic (exact) mass is 481 g/mol. The average molecular weight is 481 g/mol. The van der Waals surface area contributed by atoms with E-state index in [9.17, 15) is 27.9 Å². The lowest BCUT2D eigenvalue weighted by Gasteiger charge is -2.26. The Balaban J connectivity index is 1.83. The smallest absolute Gasteiger partial charge is 0.416 e. The molecule has 2 aromatic carbocycles. The molecule has 0 fully saturated rings. The molecule has 1 atom stereocenters. The van der Waals surface area contributed by atoms with Crippen LogP contribution in [0.25, 0.3) is 0 Å². The summed E-state index contributed by atoms with van der Waals surface area (Å²) < 4.78 is 39.4. The Morgan fingerprint density at radius 1 is 0.971 bits per heavy atom. The van der Waals surface area contributed by atoms with Gasteiger partial charge in [-0.25, -0.2) is 0 Å². The second-order valence-electron chi connectivity index (χ2n) is 8.60. The summed E-state index contributed by atoms with van der Waals surface area (Å²) in [5, 5.41) is 18.7. The Kier molecular flexibility index (Phi) is 6.19. The number of alkyl halides is 3. The van der Waals surface area contributed by atoms with Crippen molar-refractivity contribution in [3.8, 4) is 0 Å². The third-order valence-corrected chi connectivity index (χ3v) is 5.88. The highest BCUT2D eigenvalue weighted by Crippen LogP contribution is 2.42. The minimum atomic E-state index is -4.55. The van der Waals surface area contributed by atoms with Crippen LogP contribution in [0.3, 0.4) is 0 Å². The van der Waals surface area contributed by atoms with Crippen molar-refractivity contribution in [1.82, 2.24) is 10.2 Å². The van der Waals surface area contributed by atoms with E-state index in [-0.39, 0.29) is 28.4 Å². The van der Waals surface area contributed by atoms with E-state index in [1.165, 1.54) is 18.2 Å². The van der Waals surface area contributed by atoms with Gasteiger partial charge in [0.25, 0.3) is 5.91 Å².